The molecule has 0 amide bonds. The fourth-order valence-electron chi connectivity index (χ4n) is 2.19. The summed E-state index contributed by atoms with van der Waals surface area (Å²) in [7, 11) is 2.13. The van der Waals surface area contributed by atoms with Gasteiger partial charge in [-0.15, -0.1) is 11.3 Å². The van der Waals surface area contributed by atoms with Gasteiger partial charge < -0.3 is 5.73 Å². The molecule has 2 atom stereocenters. The number of aromatic nitrogens is 1. The van der Waals surface area contributed by atoms with Crippen LogP contribution in [0.5, 0.6) is 0 Å². The van der Waals surface area contributed by atoms with Crippen molar-refractivity contribution < 1.29 is 0 Å². The van der Waals surface area contributed by atoms with Gasteiger partial charge in [0, 0.05) is 23.4 Å². The quantitative estimate of drug-likeness (QED) is 0.816. The van der Waals surface area contributed by atoms with Gasteiger partial charge in [-0.2, -0.15) is 0 Å². The summed E-state index contributed by atoms with van der Waals surface area (Å²) in [4.78, 5) is 7.07. The molecule has 4 heteroatoms. The molecule has 90 valence electrons. The molecule has 1 aromatic heterocycles. The normalized spacial score (nSPS) is 27.6. The van der Waals surface area contributed by atoms with Crippen molar-refractivity contribution in [2.75, 3.05) is 13.6 Å². The maximum Gasteiger partial charge on any atom is 0.0982 e. The Hall–Kier alpha value is -0.450. The molecule has 0 aliphatic carbocycles. The van der Waals surface area contributed by atoms with E-state index in [1.165, 1.54) is 5.01 Å². The summed E-state index contributed by atoms with van der Waals surface area (Å²) >= 11 is 1.75. The lowest BCUT2D eigenvalue weighted by atomic mass is 9.98. The molecule has 2 heterocycles. The third-order valence-electron chi connectivity index (χ3n) is 3.16. The van der Waals surface area contributed by atoms with Crippen molar-refractivity contribution in [1.29, 1.82) is 0 Å². The smallest absolute Gasteiger partial charge is 0.0982 e. The van der Waals surface area contributed by atoms with E-state index in [1.54, 1.807) is 11.3 Å². The molecule has 0 aromatic carbocycles. The molecule has 1 saturated heterocycles. The third kappa shape index (κ3) is 2.14. The minimum Gasteiger partial charge on any atom is -0.326 e. The van der Waals surface area contributed by atoms with Gasteiger partial charge in [-0.05, 0) is 13.5 Å². The van der Waals surface area contributed by atoms with Crippen molar-refractivity contribution in [2.24, 2.45) is 5.73 Å². The summed E-state index contributed by atoms with van der Waals surface area (Å²) in [6.45, 7) is 7.68. The number of likely N-dealkylation sites (tertiary alicyclic amines) is 1. The predicted molar refractivity (Wildman–Crippen MR) is 68.8 cm³/mol. The molecule has 0 spiro atoms. The molecule has 0 radical (unpaired) electrons. The second-order valence-electron chi connectivity index (χ2n) is 5.71. The van der Waals surface area contributed by atoms with Crippen molar-refractivity contribution in [1.82, 2.24) is 9.88 Å². The van der Waals surface area contributed by atoms with Crippen LogP contribution in [-0.4, -0.2) is 29.5 Å². The minimum atomic E-state index is 0.143. The van der Waals surface area contributed by atoms with Gasteiger partial charge in [0.15, 0.2) is 0 Å². The van der Waals surface area contributed by atoms with Gasteiger partial charge in [0.25, 0.3) is 0 Å². The van der Waals surface area contributed by atoms with Crippen LogP contribution in [0.25, 0.3) is 0 Å². The highest BCUT2D eigenvalue weighted by atomic mass is 32.1. The number of likely N-dealkylation sites (N-methyl/N-ethyl adjacent to an activating group) is 1. The maximum atomic E-state index is 6.14. The highest BCUT2D eigenvalue weighted by Gasteiger charge is 2.32. The van der Waals surface area contributed by atoms with E-state index in [0.29, 0.717) is 6.04 Å². The first-order valence-electron chi connectivity index (χ1n) is 5.81. The Bertz CT molecular complexity index is 357. The van der Waals surface area contributed by atoms with Gasteiger partial charge in [0.2, 0.25) is 0 Å². The summed E-state index contributed by atoms with van der Waals surface area (Å²) in [5.74, 6) is 0. The van der Waals surface area contributed by atoms with E-state index >= 15 is 0 Å². The molecule has 1 aliphatic rings. The largest absolute Gasteiger partial charge is 0.326 e. The summed E-state index contributed by atoms with van der Waals surface area (Å²) in [6.07, 6.45) is 1.07. The highest BCUT2D eigenvalue weighted by molar-refractivity contribution is 7.09. The Morgan fingerprint density at radius 2 is 2.19 bits per heavy atom. The standard InChI is InChI=1S/C12H21N3S/c1-12(2,3)11-14-9(7-16-11)10-8(13)5-6-15(10)4/h7-8,10H,5-6,13H2,1-4H3. The zero-order chi connectivity index (χ0) is 11.9. The topological polar surface area (TPSA) is 42.1 Å². The Kier molecular flexibility index (Phi) is 3.07. The van der Waals surface area contributed by atoms with Gasteiger partial charge in [-0.3, -0.25) is 4.90 Å². The fourth-order valence-corrected chi connectivity index (χ4v) is 3.12. The van der Waals surface area contributed by atoms with Crippen molar-refractivity contribution in [3.63, 3.8) is 0 Å². The van der Waals surface area contributed by atoms with Crippen LogP contribution in [0, 0.1) is 0 Å². The average molecular weight is 239 g/mol. The molecule has 0 bridgehead atoms. The molecular weight excluding hydrogens is 218 g/mol. The van der Waals surface area contributed by atoms with Gasteiger partial charge >= 0.3 is 0 Å². The van der Waals surface area contributed by atoms with Crippen LogP contribution in [0.15, 0.2) is 5.38 Å². The predicted octanol–water partition coefficient (Wildman–Crippen LogP) is 2.14. The number of nitrogens with two attached hydrogens (primary N) is 1. The average Bonchev–Trinajstić information content (AvgIpc) is 2.72. The second-order valence-corrected chi connectivity index (χ2v) is 6.56. The van der Waals surface area contributed by atoms with Crippen LogP contribution < -0.4 is 5.73 Å². The summed E-state index contributed by atoms with van der Waals surface area (Å²) < 4.78 is 0. The first-order chi connectivity index (χ1) is 7.39. The first kappa shape index (κ1) is 12.0. The number of rotatable bonds is 1. The van der Waals surface area contributed by atoms with Crippen LogP contribution in [0.3, 0.4) is 0 Å². The zero-order valence-corrected chi connectivity index (χ0v) is 11.3. The van der Waals surface area contributed by atoms with Crippen LogP contribution in [0.2, 0.25) is 0 Å². The molecule has 2 rings (SSSR count). The summed E-state index contributed by atoms with van der Waals surface area (Å²) in [5, 5.41) is 3.38. The van der Waals surface area contributed by atoms with E-state index < -0.39 is 0 Å². The number of thiazole rings is 1. The molecule has 16 heavy (non-hydrogen) atoms. The Balaban J connectivity index is 2.25. The minimum absolute atomic E-state index is 0.143. The van der Waals surface area contributed by atoms with E-state index in [4.69, 9.17) is 10.7 Å². The van der Waals surface area contributed by atoms with Crippen LogP contribution >= 0.6 is 11.3 Å². The molecule has 2 unspecified atom stereocenters. The fraction of sp³-hybridized carbons (Fsp3) is 0.750. The van der Waals surface area contributed by atoms with Crippen molar-refractivity contribution >= 4 is 11.3 Å². The van der Waals surface area contributed by atoms with Gasteiger partial charge in [-0.25, -0.2) is 4.98 Å². The molecule has 1 aromatic rings. The number of nitrogens with zero attached hydrogens (tertiary/aromatic N) is 2. The van der Waals surface area contributed by atoms with Crippen LogP contribution in [0.4, 0.5) is 0 Å². The van der Waals surface area contributed by atoms with Crippen LogP contribution in [-0.2, 0) is 5.41 Å². The van der Waals surface area contributed by atoms with Gasteiger partial charge in [0.1, 0.15) is 0 Å². The molecule has 0 saturated carbocycles. The lowest BCUT2D eigenvalue weighted by Crippen LogP contribution is -2.30. The number of hydrogen-bond donors (Lipinski definition) is 1. The second kappa shape index (κ2) is 4.09. The van der Waals surface area contributed by atoms with E-state index in [0.717, 1.165) is 18.7 Å². The summed E-state index contributed by atoms with van der Waals surface area (Å²) in [6, 6.07) is 0.548. The lowest BCUT2D eigenvalue weighted by Gasteiger charge is -2.21. The van der Waals surface area contributed by atoms with E-state index in [-0.39, 0.29) is 11.5 Å². The Morgan fingerprint density at radius 1 is 1.50 bits per heavy atom. The molecule has 1 aliphatic heterocycles. The molecule has 1 fully saturated rings. The molecule has 2 N–H and O–H groups in total. The van der Waals surface area contributed by atoms with E-state index in [2.05, 4.69) is 38.1 Å². The molecular formula is C12H21N3S. The van der Waals surface area contributed by atoms with Crippen molar-refractivity contribution in [3.05, 3.63) is 16.1 Å². The third-order valence-corrected chi connectivity index (χ3v) is 4.45. The van der Waals surface area contributed by atoms with E-state index in [9.17, 15) is 0 Å². The summed E-state index contributed by atoms with van der Waals surface area (Å²) in [5.41, 5.74) is 7.44. The van der Waals surface area contributed by atoms with Crippen LogP contribution in [0.1, 0.15) is 43.9 Å². The number of hydrogen-bond acceptors (Lipinski definition) is 4. The SMILES string of the molecule is CN1CCC(N)C1c1csc(C(C)(C)C)n1. The van der Waals surface area contributed by atoms with Crippen molar-refractivity contribution in [2.45, 2.75) is 44.7 Å². The Labute approximate surface area is 102 Å². The van der Waals surface area contributed by atoms with E-state index in [1.807, 2.05) is 0 Å². The Morgan fingerprint density at radius 3 is 2.62 bits per heavy atom. The molecule has 3 nitrogen and oxygen atoms in total. The highest BCUT2D eigenvalue weighted by Crippen LogP contribution is 2.33. The monoisotopic (exact) mass is 239 g/mol. The maximum absolute atomic E-state index is 6.14. The van der Waals surface area contributed by atoms with Crippen molar-refractivity contribution in [3.8, 4) is 0 Å². The van der Waals surface area contributed by atoms with Gasteiger partial charge in [-0.1, -0.05) is 20.8 Å². The first-order valence-corrected chi connectivity index (χ1v) is 6.69. The zero-order valence-electron chi connectivity index (χ0n) is 10.5. The van der Waals surface area contributed by atoms with Gasteiger partial charge in [0.05, 0.1) is 16.7 Å². The lowest BCUT2D eigenvalue weighted by molar-refractivity contribution is 0.298.